The molecule has 0 aliphatic heterocycles. The summed E-state index contributed by atoms with van der Waals surface area (Å²) in [5.74, 6) is 0.383. The summed E-state index contributed by atoms with van der Waals surface area (Å²) in [6.45, 7) is 11.4. The van der Waals surface area contributed by atoms with Gasteiger partial charge < -0.3 is 10.6 Å². The maximum absolute atomic E-state index is 12.0. The van der Waals surface area contributed by atoms with Gasteiger partial charge in [-0.15, -0.1) is 0 Å². The molecule has 7 nitrogen and oxygen atoms in total. The molecule has 0 saturated heterocycles. The third-order valence-corrected chi connectivity index (χ3v) is 3.16. The average molecular weight is 309 g/mol. The number of carbonyl (C=O) groups excluding carboxylic acids is 2. The topological polar surface area (TPSA) is 88.1 Å². The Morgan fingerprint density at radius 1 is 1.32 bits per heavy atom. The standard InChI is InChI=1S/C15H27N5O2/c1-7-10(2)20-12(8-9-16-20)18-14(22)17-11(3)13(21)19-15(4,5)6/h8-11H,7H2,1-6H3,(H,19,21)(H2,17,18,22)/t10-,11+/m0/s1. The van der Waals surface area contributed by atoms with Crippen LogP contribution < -0.4 is 16.0 Å². The highest BCUT2D eigenvalue weighted by Crippen LogP contribution is 2.16. The Labute approximate surface area is 131 Å². The van der Waals surface area contributed by atoms with Crippen LogP contribution in [0.25, 0.3) is 0 Å². The van der Waals surface area contributed by atoms with Crippen LogP contribution in [0, 0.1) is 0 Å². The molecule has 0 bridgehead atoms. The van der Waals surface area contributed by atoms with Crippen LogP contribution >= 0.6 is 0 Å². The van der Waals surface area contributed by atoms with Gasteiger partial charge in [0.1, 0.15) is 11.9 Å². The van der Waals surface area contributed by atoms with Crippen molar-refractivity contribution in [2.24, 2.45) is 0 Å². The smallest absolute Gasteiger partial charge is 0.321 e. The zero-order chi connectivity index (χ0) is 16.9. The summed E-state index contributed by atoms with van der Waals surface area (Å²) < 4.78 is 1.75. The number of nitrogens with one attached hydrogen (secondary N) is 3. The molecule has 22 heavy (non-hydrogen) atoms. The van der Waals surface area contributed by atoms with Crippen molar-refractivity contribution >= 4 is 17.8 Å². The summed E-state index contributed by atoms with van der Waals surface area (Å²) in [5.41, 5.74) is -0.335. The van der Waals surface area contributed by atoms with Gasteiger partial charge in [0, 0.05) is 11.6 Å². The third-order valence-electron chi connectivity index (χ3n) is 3.16. The molecule has 1 rings (SSSR count). The summed E-state index contributed by atoms with van der Waals surface area (Å²) in [7, 11) is 0. The lowest BCUT2D eigenvalue weighted by Crippen LogP contribution is -2.51. The van der Waals surface area contributed by atoms with Crippen molar-refractivity contribution in [1.82, 2.24) is 20.4 Å². The van der Waals surface area contributed by atoms with Crippen molar-refractivity contribution in [3.63, 3.8) is 0 Å². The highest BCUT2D eigenvalue weighted by Gasteiger charge is 2.21. The van der Waals surface area contributed by atoms with Crippen LogP contribution in [0.3, 0.4) is 0 Å². The molecular formula is C15H27N5O2. The SMILES string of the molecule is CC[C@H](C)n1nccc1NC(=O)N[C@H](C)C(=O)NC(C)(C)C. The first-order valence-corrected chi connectivity index (χ1v) is 7.57. The van der Waals surface area contributed by atoms with E-state index in [4.69, 9.17) is 0 Å². The molecule has 0 spiro atoms. The number of aromatic nitrogens is 2. The molecule has 7 heteroatoms. The van der Waals surface area contributed by atoms with E-state index < -0.39 is 12.1 Å². The minimum Gasteiger partial charge on any atom is -0.350 e. The number of carbonyl (C=O) groups is 2. The highest BCUT2D eigenvalue weighted by molar-refractivity contribution is 5.93. The molecule has 0 unspecified atom stereocenters. The fourth-order valence-electron chi connectivity index (χ4n) is 1.83. The number of rotatable bonds is 5. The largest absolute Gasteiger partial charge is 0.350 e. The first-order valence-electron chi connectivity index (χ1n) is 7.57. The summed E-state index contributed by atoms with van der Waals surface area (Å²) in [6, 6.07) is 0.860. The Morgan fingerprint density at radius 3 is 2.50 bits per heavy atom. The van der Waals surface area contributed by atoms with Crippen molar-refractivity contribution in [2.75, 3.05) is 5.32 Å². The summed E-state index contributed by atoms with van der Waals surface area (Å²) >= 11 is 0. The Bertz CT molecular complexity index is 518. The van der Waals surface area contributed by atoms with Gasteiger partial charge >= 0.3 is 6.03 Å². The van der Waals surface area contributed by atoms with Gasteiger partial charge in [-0.05, 0) is 41.0 Å². The zero-order valence-electron chi connectivity index (χ0n) is 14.2. The Kier molecular flexibility index (Phi) is 5.96. The molecule has 124 valence electrons. The maximum atomic E-state index is 12.0. The first kappa shape index (κ1) is 18.0. The molecular weight excluding hydrogens is 282 g/mol. The van der Waals surface area contributed by atoms with Crippen LogP contribution in [0.4, 0.5) is 10.6 Å². The predicted molar refractivity (Wildman–Crippen MR) is 86.7 cm³/mol. The fourth-order valence-corrected chi connectivity index (χ4v) is 1.83. The number of urea groups is 1. The van der Waals surface area contributed by atoms with Crippen molar-refractivity contribution < 1.29 is 9.59 Å². The summed E-state index contributed by atoms with van der Waals surface area (Å²) in [6.07, 6.45) is 2.54. The lowest BCUT2D eigenvalue weighted by Gasteiger charge is -2.23. The first-order chi connectivity index (χ1) is 10.1. The monoisotopic (exact) mass is 309 g/mol. The minimum atomic E-state index is -0.626. The second kappa shape index (κ2) is 7.29. The molecule has 0 aliphatic carbocycles. The number of hydrogen-bond donors (Lipinski definition) is 3. The summed E-state index contributed by atoms with van der Waals surface area (Å²) in [4.78, 5) is 24.0. The minimum absolute atomic E-state index is 0.187. The molecule has 2 atom stereocenters. The summed E-state index contributed by atoms with van der Waals surface area (Å²) in [5, 5.41) is 12.4. The van der Waals surface area contributed by atoms with Gasteiger partial charge in [-0.1, -0.05) is 6.92 Å². The lowest BCUT2D eigenvalue weighted by atomic mass is 10.1. The Hall–Kier alpha value is -2.05. The van der Waals surface area contributed by atoms with Crippen LogP contribution in [0.1, 0.15) is 54.0 Å². The number of hydrogen-bond acceptors (Lipinski definition) is 3. The van der Waals surface area contributed by atoms with Gasteiger partial charge in [0.25, 0.3) is 0 Å². The van der Waals surface area contributed by atoms with Crippen molar-refractivity contribution in [1.29, 1.82) is 0 Å². The van der Waals surface area contributed by atoms with E-state index in [1.807, 2.05) is 27.7 Å². The van der Waals surface area contributed by atoms with Gasteiger partial charge in [-0.2, -0.15) is 5.10 Å². The average Bonchev–Trinajstić information content (AvgIpc) is 2.83. The lowest BCUT2D eigenvalue weighted by molar-refractivity contribution is -0.123. The Morgan fingerprint density at radius 2 is 1.95 bits per heavy atom. The molecule has 1 aromatic heterocycles. The van der Waals surface area contributed by atoms with Crippen LogP contribution in [-0.4, -0.2) is 33.3 Å². The normalized spacial score (nSPS) is 14.1. The van der Waals surface area contributed by atoms with E-state index in [1.165, 1.54) is 0 Å². The maximum Gasteiger partial charge on any atom is 0.321 e. The Balaban J connectivity index is 2.60. The fraction of sp³-hybridized carbons (Fsp3) is 0.667. The second-order valence-electron chi connectivity index (χ2n) is 6.48. The highest BCUT2D eigenvalue weighted by atomic mass is 16.2. The van der Waals surface area contributed by atoms with E-state index in [-0.39, 0.29) is 17.5 Å². The van der Waals surface area contributed by atoms with Crippen LogP contribution in [0.5, 0.6) is 0 Å². The molecule has 1 aromatic rings. The number of nitrogens with zero attached hydrogens (tertiary/aromatic N) is 2. The van der Waals surface area contributed by atoms with E-state index in [0.29, 0.717) is 5.82 Å². The molecule has 0 saturated carbocycles. The number of amides is 3. The van der Waals surface area contributed by atoms with Gasteiger partial charge in [0.05, 0.1) is 12.2 Å². The molecule has 0 aliphatic rings. The van der Waals surface area contributed by atoms with Crippen LogP contribution in [-0.2, 0) is 4.79 Å². The van der Waals surface area contributed by atoms with Gasteiger partial charge in [0.15, 0.2) is 0 Å². The van der Waals surface area contributed by atoms with E-state index in [0.717, 1.165) is 6.42 Å². The van der Waals surface area contributed by atoms with Crippen molar-refractivity contribution in [2.45, 2.75) is 65.6 Å². The molecule has 1 heterocycles. The molecule has 0 aromatic carbocycles. The number of anilines is 1. The van der Waals surface area contributed by atoms with E-state index in [2.05, 4.69) is 28.0 Å². The zero-order valence-corrected chi connectivity index (χ0v) is 14.2. The van der Waals surface area contributed by atoms with E-state index >= 15 is 0 Å². The quantitative estimate of drug-likeness (QED) is 0.779. The van der Waals surface area contributed by atoms with E-state index in [1.54, 1.807) is 23.9 Å². The molecule has 0 radical (unpaired) electrons. The van der Waals surface area contributed by atoms with Crippen molar-refractivity contribution in [3.8, 4) is 0 Å². The van der Waals surface area contributed by atoms with Crippen LogP contribution in [0.2, 0.25) is 0 Å². The van der Waals surface area contributed by atoms with Gasteiger partial charge in [-0.25, -0.2) is 9.48 Å². The molecule has 3 N–H and O–H groups in total. The second-order valence-corrected chi connectivity index (χ2v) is 6.48. The van der Waals surface area contributed by atoms with Crippen molar-refractivity contribution in [3.05, 3.63) is 12.3 Å². The van der Waals surface area contributed by atoms with E-state index in [9.17, 15) is 9.59 Å². The third kappa shape index (κ3) is 5.38. The predicted octanol–water partition coefficient (Wildman–Crippen LogP) is 2.28. The molecule has 0 fully saturated rings. The van der Waals surface area contributed by atoms with Gasteiger partial charge in [-0.3, -0.25) is 10.1 Å². The van der Waals surface area contributed by atoms with Gasteiger partial charge in [0.2, 0.25) is 5.91 Å². The van der Waals surface area contributed by atoms with Crippen LogP contribution in [0.15, 0.2) is 12.3 Å². The molecule has 3 amide bonds.